The van der Waals surface area contributed by atoms with E-state index < -0.39 is 5.97 Å². The minimum absolute atomic E-state index is 0.190. The van der Waals surface area contributed by atoms with Crippen molar-refractivity contribution >= 4 is 11.8 Å². The van der Waals surface area contributed by atoms with Crippen molar-refractivity contribution in [2.75, 3.05) is 11.4 Å². The first-order valence-corrected chi connectivity index (χ1v) is 8.59. The number of rotatable bonds is 5. The van der Waals surface area contributed by atoms with Gasteiger partial charge in [-0.25, -0.2) is 9.97 Å². The molecule has 0 spiro atoms. The molecular weight excluding hydrogens is 302 g/mol. The summed E-state index contributed by atoms with van der Waals surface area (Å²) < 4.78 is 0. The third-order valence-corrected chi connectivity index (χ3v) is 4.84. The molecule has 1 aromatic carbocycles. The summed E-state index contributed by atoms with van der Waals surface area (Å²) in [6, 6.07) is 8.37. The van der Waals surface area contributed by atoms with E-state index in [9.17, 15) is 4.79 Å². The highest BCUT2D eigenvalue weighted by atomic mass is 16.4. The fraction of sp³-hybridized carbons (Fsp3) is 0.421. The molecule has 5 heteroatoms. The lowest BCUT2D eigenvalue weighted by Gasteiger charge is -2.30. The van der Waals surface area contributed by atoms with Crippen LogP contribution in [0.5, 0.6) is 0 Å². The number of aromatic nitrogens is 2. The van der Waals surface area contributed by atoms with E-state index >= 15 is 0 Å². The average molecular weight is 323 g/mol. The predicted octanol–water partition coefficient (Wildman–Crippen LogP) is 2.93. The Morgan fingerprint density at radius 3 is 2.92 bits per heavy atom. The molecular formula is C19H21N3O2. The van der Waals surface area contributed by atoms with Gasteiger partial charge in [-0.1, -0.05) is 18.2 Å². The van der Waals surface area contributed by atoms with E-state index in [4.69, 9.17) is 10.1 Å². The first-order chi connectivity index (χ1) is 11.7. The molecule has 0 amide bonds. The van der Waals surface area contributed by atoms with Crippen molar-refractivity contribution in [3.05, 3.63) is 53.0 Å². The van der Waals surface area contributed by atoms with Gasteiger partial charge in [0.15, 0.2) is 0 Å². The Hall–Kier alpha value is -2.43. The van der Waals surface area contributed by atoms with E-state index in [2.05, 4.69) is 28.1 Å². The summed E-state index contributed by atoms with van der Waals surface area (Å²) in [5, 5.41) is 8.82. The van der Waals surface area contributed by atoms with Crippen LogP contribution in [0.25, 0.3) is 0 Å². The van der Waals surface area contributed by atoms with E-state index in [1.54, 1.807) is 0 Å². The zero-order valence-corrected chi connectivity index (χ0v) is 13.6. The Morgan fingerprint density at radius 1 is 1.25 bits per heavy atom. The maximum atomic E-state index is 10.7. The third-order valence-electron chi connectivity index (χ3n) is 4.84. The van der Waals surface area contributed by atoms with E-state index in [1.807, 2.05) is 12.3 Å². The molecule has 1 aliphatic carbocycles. The number of hydrogen-bond acceptors (Lipinski definition) is 4. The average Bonchev–Trinajstić information content (AvgIpc) is 3.44. The van der Waals surface area contributed by atoms with Crippen molar-refractivity contribution in [2.45, 2.75) is 44.6 Å². The summed E-state index contributed by atoms with van der Waals surface area (Å²) >= 11 is 0. The Kier molecular flexibility index (Phi) is 3.92. The largest absolute Gasteiger partial charge is 0.481 e. The van der Waals surface area contributed by atoms with Crippen LogP contribution < -0.4 is 4.90 Å². The number of fused-ring (bicyclic) bond motifs is 1. The number of carboxylic acid groups (broad SMARTS) is 1. The molecule has 0 atom stereocenters. The van der Waals surface area contributed by atoms with Crippen molar-refractivity contribution in [1.29, 1.82) is 0 Å². The lowest BCUT2D eigenvalue weighted by atomic mass is 9.96. The Balaban J connectivity index is 1.49. The predicted molar refractivity (Wildman–Crippen MR) is 91.2 cm³/mol. The second-order valence-corrected chi connectivity index (χ2v) is 6.72. The Morgan fingerprint density at radius 2 is 2.12 bits per heavy atom. The molecule has 0 unspecified atom stereocenters. The molecule has 1 aliphatic heterocycles. The van der Waals surface area contributed by atoms with Crippen LogP contribution in [0, 0.1) is 0 Å². The van der Waals surface area contributed by atoms with Gasteiger partial charge in [-0.05, 0) is 48.4 Å². The van der Waals surface area contributed by atoms with Crippen LogP contribution in [0.3, 0.4) is 0 Å². The minimum Gasteiger partial charge on any atom is -0.481 e. The number of carboxylic acids is 1. The quantitative estimate of drug-likeness (QED) is 0.916. The van der Waals surface area contributed by atoms with E-state index in [-0.39, 0.29) is 6.42 Å². The number of hydrogen-bond donors (Lipinski definition) is 1. The van der Waals surface area contributed by atoms with Crippen LogP contribution in [0.1, 0.15) is 47.7 Å². The molecule has 1 saturated carbocycles. The summed E-state index contributed by atoms with van der Waals surface area (Å²) in [6.45, 7) is 1.80. The van der Waals surface area contributed by atoms with E-state index in [0.717, 1.165) is 36.7 Å². The molecule has 24 heavy (non-hydrogen) atoms. The number of nitrogens with zero attached hydrogens (tertiary/aromatic N) is 3. The maximum absolute atomic E-state index is 10.7. The fourth-order valence-electron chi connectivity index (χ4n) is 3.29. The number of anilines is 1. The van der Waals surface area contributed by atoms with Crippen LogP contribution in [0.15, 0.2) is 30.5 Å². The standard InChI is InChI=1S/C19H21N3O2/c23-18(24)6-2-13-1-3-16-12-22(10-8-15(16)11-13)17-7-9-20-19(21-17)14-4-5-14/h1,3,7,9,11,14H,2,4-6,8,10,12H2,(H,23,24). The van der Waals surface area contributed by atoms with Crippen molar-refractivity contribution in [3.63, 3.8) is 0 Å². The molecule has 4 rings (SSSR count). The number of benzene rings is 1. The monoisotopic (exact) mass is 323 g/mol. The van der Waals surface area contributed by atoms with Crippen LogP contribution in [-0.4, -0.2) is 27.6 Å². The van der Waals surface area contributed by atoms with Gasteiger partial charge in [0, 0.05) is 31.6 Å². The number of aliphatic carboxylic acids is 1. The minimum atomic E-state index is -0.742. The molecule has 1 fully saturated rings. The summed E-state index contributed by atoms with van der Waals surface area (Å²) in [5.74, 6) is 1.84. The van der Waals surface area contributed by atoms with Crippen LogP contribution >= 0.6 is 0 Å². The molecule has 0 radical (unpaired) electrons. The highest BCUT2D eigenvalue weighted by molar-refractivity contribution is 5.67. The molecule has 2 aromatic rings. The SMILES string of the molecule is O=C(O)CCc1ccc2c(c1)CCN(c1ccnc(C3CC3)n1)C2. The molecule has 1 aromatic heterocycles. The summed E-state index contributed by atoms with van der Waals surface area (Å²) in [4.78, 5) is 22.2. The molecule has 2 heterocycles. The van der Waals surface area contributed by atoms with Crippen LogP contribution in [-0.2, 0) is 24.2 Å². The maximum Gasteiger partial charge on any atom is 0.303 e. The lowest BCUT2D eigenvalue weighted by Crippen LogP contribution is -2.31. The van der Waals surface area contributed by atoms with Gasteiger partial charge >= 0.3 is 5.97 Å². The van der Waals surface area contributed by atoms with Crippen molar-refractivity contribution < 1.29 is 9.90 Å². The lowest BCUT2D eigenvalue weighted by molar-refractivity contribution is -0.136. The van der Waals surface area contributed by atoms with Crippen LogP contribution in [0.2, 0.25) is 0 Å². The second kappa shape index (κ2) is 6.23. The molecule has 124 valence electrons. The summed E-state index contributed by atoms with van der Waals surface area (Å²) in [5.41, 5.74) is 3.76. The Labute approximate surface area is 141 Å². The van der Waals surface area contributed by atoms with Gasteiger partial charge in [-0.15, -0.1) is 0 Å². The zero-order chi connectivity index (χ0) is 16.5. The van der Waals surface area contributed by atoms with Crippen LogP contribution in [0.4, 0.5) is 5.82 Å². The Bertz CT molecular complexity index is 771. The van der Waals surface area contributed by atoms with Gasteiger partial charge in [0.1, 0.15) is 11.6 Å². The first kappa shape index (κ1) is 15.1. The first-order valence-electron chi connectivity index (χ1n) is 8.59. The number of aryl methyl sites for hydroxylation is 1. The summed E-state index contributed by atoms with van der Waals surface area (Å²) in [7, 11) is 0. The van der Waals surface area contributed by atoms with Gasteiger partial charge in [0.25, 0.3) is 0 Å². The van der Waals surface area contributed by atoms with Crippen molar-refractivity contribution in [1.82, 2.24) is 9.97 Å². The van der Waals surface area contributed by atoms with Crippen molar-refractivity contribution in [3.8, 4) is 0 Å². The van der Waals surface area contributed by atoms with E-state index in [0.29, 0.717) is 12.3 Å². The van der Waals surface area contributed by atoms with Gasteiger partial charge in [0.2, 0.25) is 0 Å². The second-order valence-electron chi connectivity index (χ2n) is 6.72. The molecule has 5 nitrogen and oxygen atoms in total. The molecule has 1 N–H and O–H groups in total. The fourth-order valence-corrected chi connectivity index (χ4v) is 3.29. The third kappa shape index (κ3) is 3.25. The molecule has 0 bridgehead atoms. The normalized spacial score (nSPS) is 16.8. The smallest absolute Gasteiger partial charge is 0.303 e. The topological polar surface area (TPSA) is 66.3 Å². The number of carbonyl (C=O) groups is 1. The highest BCUT2D eigenvalue weighted by Crippen LogP contribution is 2.38. The van der Waals surface area contributed by atoms with Gasteiger partial charge in [0.05, 0.1) is 0 Å². The van der Waals surface area contributed by atoms with E-state index in [1.165, 1.54) is 24.0 Å². The van der Waals surface area contributed by atoms with Gasteiger partial charge in [-0.2, -0.15) is 0 Å². The zero-order valence-electron chi connectivity index (χ0n) is 13.6. The van der Waals surface area contributed by atoms with Gasteiger partial charge < -0.3 is 10.0 Å². The van der Waals surface area contributed by atoms with Gasteiger partial charge in [-0.3, -0.25) is 4.79 Å². The highest BCUT2D eigenvalue weighted by Gasteiger charge is 2.27. The summed E-state index contributed by atoms with van der Waals surface area (Å²) in [6.07, 6.45) is 6.06. The molecule has 0 saturated heterocycles. The molecule has 2 aliphatic rings. The van der Waals surface area contributed by atoms with Crippen molar-refractivity contribution in [2.24, 2.45) is 0 Å².